The van der Waals surface area contributed by atoms with Gasteiger partial charge < -0.3 is 19.5 Å². The lowest BCUT2D eigenvalue weighted by Gasteiger charge is -2.28. The lowest BCUT2D eigenvalue weighted by atomic mass is 10.0. The average Bonchev–Trinajstić information content (AvgIpc) is 3.09. The molecule has 9 nitrogen and oxygen atoms in total. The topological polar surface area (TPSA) is 113 Å². The number of rotatable bonds is 4. The molecule has 0 bridgehead atoms. The van der Waals surface area contributed by atoms with Crippen LogP contribution in [0.5, 0.6) is 11.5 Å². The maximum absolute atomic E-state index is 11.4. The van der Waals surface area contributed by atoms with Crippen molar-refractivity contribution in [2.45, 2.75) is 13.0 Å². The number of methoxy groups -OCH3 is 2. The Balaban J connectivity index is 1.79. The van der Waals surface area contributed by atoms with Gasteiger partial charge in [0.05, 0.1) is 19.7 Å². The van der Waals surface area contributed by atoms with Gasteiger partial charge in [-0.2, -0.15) is 5.10 Å². The first kappa shape index (κ1) is 16.1. The molecule has 0 fully saturated rings. The number of aromatic carboxylic acids is 1. The number of anilines is 1. The number of carboxylic acid groups (broad SMARTS) is 1. The van der Waals surface area contributed by atoms with Crippen molar-refractivity contribution >= 4 is 22.7 Å². The predicted molar refractivity (Wildman–Crippen MR) is 92.9 cm³/mol. The van der Waals surface area contributed by atoms with Crippen LogP contribution >= 0.6 is 0 Å². The number of H-pyrrole nitrogens is 1. The molecule has 1 aliphatic rings. The van der Waals surface area contributed by atoms with Gasteiger partial charge >= 0.3 is 5.97 Å². The zero-order chi connectivity index (χ0) is 18.3. The van der Waals surface area contributed by atoms with Crippen LogP contribution < -0.4 is 14.4 Å². The van der Waals surface area contributed by atoms with Crippen LogP contribution in [0.15, 0.2) is 18.5 Å². The van der Waals surface area contributed by atoms with Gasteiger partial charge in [0.2, 0.25) is 0 Å². The lowest BCUT2D eigenvalue weighted by Crippen LogP contribution is -2.31. The van der Waals surface area contributed by atoms with E-state index in [9.17, 15) is 9.90 Å². The first-order valence-electron chi connectivity index (χ1n) is 8.03. The van der Waals surface area contributed by atoms with Gasteiger partial charge in [0.25, 0.3) is 0 Å². The smallest absolute Gasteiger partial charge is 0.356 e. The highest BCUT2D eigenvalue weighted by atomic mass is 16.5. The highest BCUT2D eigenvalue weighted by Gasteiger charge is 2.27. The van der Waals surface area contributed by atoms with Crippen LogP contribution in [0.1, 0.15) is 21.7 Å². The molecule has 3 heterocycles. The number of carboxylic acids is 1. The third-order valence-corrected chi connectivity index (χ3v) is 4.56. The van der Waals surface area contributed by atoms with E-state index in [0.717, 1.165) is 22.4 Å². The second-order valence-corrected chi connectivity index (χ2v) is 5.93. The molecule has 134 valence electrons. The van der Waals surface area contributed by atoms with Crippen LogP contribution in [-0.2, 0) is 13.0 Å². The van der Waals surface area contributed by atoms with E-state index in [1.54, 1.807) is 20.3 Å². The van der Waals surface area contributed by atoms with Crippen molar-refractivity contribution < 1.29 is 19.4 Å². The molecule has 9 heteroatoms. The monoisotopic (exact) mass is 355 g/mol. The van der Waals surface area contributed by atoms with Gasteiger partial charge in [0.1, 0.15) is 12.1 Å². The van der Waals surface area contributed by atoms with Gasteiger partial charge in [0.15, 0.2) is 17.2 Å². The zero-order valence-corrected chi connectivity index (χ0v) is 14.3. The fraction of sp³-hybridized carbons (Fsp3) is 0.294. The number of carbonyl (C=O) groups is 1. The van der Waals surface area contributed by atoms with Crippen molar-refractivity contribution in [3.8, 4) is 11.5 Å². The van der Waals surface area contributed by atoms with Crippen molar-refractivity contribution in [1.82, 2.24) is 20.2 Å². The maximum atomic E-state index is 11.4. The van der Waals surface area contributed by atoms with E-state index in [1.807, 2.05) is 11.0 Å². The van der Waals surface area contributed by atoms with E-state index in [2.05, 4.69) is 20.2 Å². The van der Waals surface area contributed by atoms with Gasteiger partial charge in [0, 0.05) is 42.2 Å². The summed E-state index contributed by atoms with van der Waals surface area (Å²) in [5.41, 5.74) is 2.33. The molecular weight excluding hydrogens is 338 g/mol. The van der Waals surface area contributed by atoms with Crippen molar-refractivity contribution in [3.63, 3.8) is 0 Å². The fourth-order valence-corrected chi connectivity index (χ4v) is 3.27. The summed E-state index contributed by atoms with van der Waals surface area (Å²) in [5.74, 6) is 0.860. The Morgan fingerprint density at radius 2 is 2.00 bits per heavy atom. The largest absolute Gasteiger partial charge is 0.493 e. The number of hydrogen-bond acceptors (Lipinski definition) is 7. The van der Waals surface area contributed by atoms with Crippen LogP contribution in [0.2, 0.25) is 0 Å². The number of fused-ring (bicyclic) bond motifs is 2. The quantitative estimate of drug-likeness (QED) is 0.726. The number of aromatic nitrogens is 4. The van der Waals surface area contributed by atoms with E-state index in [1.165, 1.54) is 6.33 Å². The molecular formula is C17H17N5O4. The van der Waals surface area contributed by atoms with Crippen LogP contribution in [-0.4, -0.2) is 52.0 Å². The zero-order valence-electron chi connectivity index (χ0n) is 14.3. The molecule has 0 radical (unpaired) electrons. The molecule has 0 saturated carbocycles. The molecule has 3 aromatic rings. The third kappa shape index (κ3) is 2.48. The molecule has 2 N–H and O–H groups in total. The minimum Gasteiger partial charge on any atom is -0.493 e. The minimum atomic E-state index is -1.04. The summed E-state index contributed by atoms with van der Waals surface area (Å²) in [7, 11) is 3.15. The molecule has 0 atom stereocenters. The molecule has 0 spiro atoms. The summed E-state index contributed by atoms with van der Waals surface area (Å²) in [6.45, 7) is 1.10. The highest BCUT2D eigenvalue weighted by molar-refractivity contribution is 5.92. The van der Waals surface area contributed by atoms with Gasteiger partial charge in [-0.25, -0.2) is 14.8 Å². The summed E-state index contributed by atoms with van der Waals surface area (Å²) in [4.78, 5) is 22.2. The SMILES string of the molecule is COc1cc2ncnc(N3CCc4[nH]nc(C(=O)O)c4C3)c2cc1OC. The fourth-order valence-electron chi connectivity index (χ4n) is 3.27. The summed E-state index contributed by atoms with van der Waals surface area (Å²) >= 11 is 0. The molecule has 0 unspecified atom stereocenters. The molecule has 0 amide bonds. The molecule has 2 aromatic heterocycles. The predicted octanol–water partition coefficient (Wildman–Crippen LogP) is 1.63. The number of aromatic amines is 1. The Bertz CT molecular complexity index is 1000. The molecule has 1 aromatic carbocycles. The summed E-state index contributed by atoms with van der Waals surface area (Å²) in [5, 5.41) is 16.9. The van der Waals surface area contributed by atoms with Crippen molar-refractivity contribution in [3.05, 3.63) is 35.4 Å². The number of hydrogen-bond donors (Lipinski definition) is 2. The van der Waals surface area contributed by atoms with Gasteiger partial charge in [-0.05, 0) is 6.07 Å². The van der Waals surface area contributed by atoms with E-state index < -0.39 is 5.97 Å². The summed E-state index contributed by atoms with van der Waals surface area (Å²) in [6, 6.07) is 3.64. The van der Waals surface area contributed by atoms with Crippen LogP contribution in [0.4, 0.5) is 5.82 Å². The Hall–Kier alpha value is -3.36. The summed E-state index contributed by atoms with van der Waals surface area (Å²) in [6.07, 6.45) is 2.15. The van der Waals surface area contributed by atoms with Gasteiger partial charge in [-0.1, -0.05) is 0 Å². The summed E-state index contributed by atoms with van der Waals surface area (Å²) < 4.78 is 10.7. The van der Waals surface area contributed by atoms with E-state index in [0.29, 0.717) is 36.6 Å². The van der Waals surface area contributed by atoms with Gasteiger partial charge in [-0.3, -0.25) is 5.10 Å². The minimum absolute atomic E-state index is 0.0577. The van der Waals surface area contributed by atoms with Crippen LogP contribution in [0.25, 0.3) is 10.9 Å². The second-order valence-electron chi connectivity index (χ2n) is 5.93. The average molecular weight is 355 g/mol. The van der Waals surface area contributed by atoms with E-state index in [4.69, 9.17) is 9.47 Å². The lowest BCUT2D eigenvalue weighted by molar-refractivity contribution is 0.0689. The Morgan fingerprint density at radius 3 is 2.73 bits per heavy atom. The molecule has 4 rings (SSSR count). The molecule has 26 heavy (non-hydrogen) atoms. The first-order chi connectivity index (χ1) is 12.6. The van der Waals surface area contributed by atoms with Crippen molar-refractivity contribution in [2.24, 2.45) is 0 Å². The van der Waals surface area contributed by atoms with E-state index in [-0.39, 0.29) is 5.69 Å². The Kier molecular flexibility index (Phi) is 3.83. The first-order valence-corrected chi connectivity index (χ1v) is 8.03. The maximum Gasteiger partial charge on any atom is 0.356 e. The third-order valence-electron chi connectivity index (χ3n) is 4.56. The Labute approximate surface area is 148 Å². The van der Waals surface area contributed by atoms with E-state index >= 15 is 0 Å². The Morgan fingerprint density at radius 1 is 1.23 bits per heavy atom. The molecule has 1 aliphatic heterocycles. The molecule has 0 saturated heterocycles. The highest BCUT2D eigenvalue weighted by Crippen LogP contribution is 2.36. The second kappa shape index (κ2) is 6.17. The van der Waals surface area contributed by atoms with Crippen LogP contribution in [0, 0.1) is 0 Å². The number of ether oxygens (including phenoxy) is 2. The number of nitrogens with zero attached hydrogens (tertiary/aromatic N) is 4. The van der Waals surface area contributed by atoms with Gasteiger partial charge in [-0.15, -0.1) is 0 Å². The van der Waals surface area contributed by atoms with Crippen LogP contribution in [0.3, 0.4) is 0 Å². The molecule has 0 aliphatic carbocycles. The van der Waals surface area contributed by atoms with Crippen molar-refractivity contribution in [1.29, 1.82) is 0 Å². The number of nitrogens with one attached hydrogen (secondary N) is 1. The standard InChI is InChI=1S/C17H17N5O4/c1-25-13-5-9-12(6-14(13)26-2)18-8-19-16(9)22-4-3-11-10(7-22)15(17(23)24)21-20-11/h5-6,8H,3-4,7H2,1-2H3,(H,20,21)(H,23,24). The number of benzene rings is 1. The van der Waals surface area contributed by atoms with Crippen molar-refractivity contribution in [2.75, 3.05) is 25.7 Å². The normalized spacial score (nSPS) is 13.5.